The maximum atomic E-state index is 6.17. The highest BCUT2D eigenvalue weighted by atomic mass is 35.5. The average Bonchev–Trinajstić information content (AvgIpc) is 2.80. The molecular weight excluding hydrogens is 406 g/mol. The fourth-order valence-electron chi connectivity index (χ4n) is 3.91. The predicted molar refractivity (Wildman–Crippen MR) is 130 cm³/mol. The number of fused-ring (bicyclic) bond motifs is 1. The smallest absolute Gasteiger partial charge is 0.228 e. The highest BCUT2D eigenvalue weighted by Crippen LogP contribution is 2.28. The average molecular weight is 430 g/mol. The standard InChI is InChI=1S/C25H24ClN5/c1-18-9-11-20(12-10-18)27-24-22-7-2-3-8-23(22)28-25(29-24)31-15-13-30(14-16-31)21-6-4-5-19(26)17-21/h2-12,17H,13-16H2,1H3,(H,27,28,29). The minimum absolute atomic E-state index is 0.763. The maximum absolute atomic E-state index is 6.17. The molecule has 1 aliphatic rings. The van der Waals surface area contributed by atoms with Crippen molar-refractivity contribution in [2.24, 2.45) is 0 Å². The first kappa shape index (κ1) is 19.6. The molecule has 31 heavy (non-hydrogen) atoms. The minimum atomic E-state index is 0.763. The Morgan fingerprint density at radius 1 is 0.806 bits per heavy atom. The van der Waals surface area contributed by atoms with E-state index in [1.54, 1.807) is 0 Å². The zero-order valence-corrected chi connectivity index (χ0v) is 18.2. The number of aryl methyl sites for hydroxylation is 1. The lowest BCUT2D eigenvalue weighted by Crippen LogP contribution is -2.47. The van der Waals surface area contributed by atoms with Crippen LogP contribution in [0.25, 0.3) is 10.9 Å². The first-order chi connectivity index (χ1) is 15.2. The van der Waals surface area contributed by atoms with E-state index in [9.17, 15) is 0 Å². The van der Waals surface area contributed by atoms with Crippen LogP contribution in [-0.2, 0) is 0 Å². The van der Waals surface area contributed by atoms with E-state index in [2.05, 4.69) is 58.4 Å². The van der Waals surface area contributed by atoms with Crippen LogP contribution in [-0.4, -0.2) is 36.1 Å². The van der Waals surface area contributed by atoms with E-state index in [1.165, 1.54) is 5.56 Å². The SMILES string of the molecule is Cc1ccc(Nc2nc(N3CCN(c4cccc(Cl)c4)CC3)nc3ccccc23)cc1. The van der Waals surface area contributed by atoms with Crippen LogP contribution in [0.3, 0.4) is 0 Å². The van der Waals surface area contributed by atoms with Gasteiger partial charge in [-0.05, 0) is 49.4 Å². The summed E-state index contributed by atoms with van der Waals surface area (Å²) in [4.78, 5) is 14.4. The number of halogens is 1. The van der Waals surface area contributed by atoms with Crippen molar-refractivity contribution in [1.29, 1.82) is 0 Å². The van der Waals surface area contributed by atoms with Crippen LogP contribution in [0.15, 0.2) is 72.8 Å². The molecule has 5 nitrogen and oxygen atoms in total. The predicted octanol–water partition coefficient (Wildman–Crippen LogP) is 5.66. The van der Waals surface area contributed by atoms with Gasteiger partial charge >= 0.3 is 0 Å². The number of hydrogen-bond acceptors (Lipinski definition) is 5. The molecule has 1 aliphatic heterocycles. The van der Waals surface area contributed by atoms with Gasteiger partial charge in [0.15, 0.2) is 0 Å². The summed E-state index contributed by atoms with van der Waals surface area (Å²) in [5, 5.41) is 5.28. The molecule has 4 aromatic rings. The highest BCUT2D eigenvalue weighted by molar-refractivity contribution is 6.30. The summed E-state index contributed by atoms with van der Waals surface area (Å²) in [6, 6.07) is 24.5. The molecule has 3 aromatic carbocycles. The molecule has 0 amide bonds. The molecular formula is C25H24ClN5. The van der Waals surface area contributed by atoms with Gasteiger partial charge in [0.2, 0.25) is 5.95 Å². The van der Waals surface area contributed by atoms with Crippen LogP contribution in [0.1, 0.15) is 5.56 Å². The summed E-state index contributed by atoms with van der Waals surface area (Å²) in [5.41, 5.74) is 4.36. The van der Waals surface area contributed by atoms with Gasteiger partial charge in [-0.25, -0.2) is 4.98 Å². The van der Waals surface area contributed by atoms with Gasteiger partial charge in [-0.15, -0.1) is 0 Å². The van der Waals surface area contributed by atoms with Crippen molar-refractivity contribution in [3.8, 4) is 0 Å². The minimum Gasteiger partial charge on any atom is -0.368 e. The lowest BCUT2D eigenvalue weighted by Gasteiger charge is -2.36. The number of hydrogen-bond donors (Lipinski definition) is 1. The van der Waals surface area contributed by atoms with Gasteiger partial charge in [-0.3, -0.25) is 0 Å². The summed E-state index contributed by atoms with van der Waals surface area (Å²) < 4.78 is 0. The molecule has 0 bridgehead atoms. The third kappa shape index (κ3) is 4.28. The van der Waals surface area contributed by atoms with Gasteiger partial charge in [-0.2, -0.15) is 4.98 Å². The quantitative estimate of drug-likeness (QED) is 0.453. The number of nitrogens with one attached hydrogen (secondary N) is 1. The second-order valence-electron chi connectivity index (χ2n) is 7.83. The van der Waals surface area contributed by atoms with Crippen LogP contribution in [0, 0.1) is 6.92 Å². The third-order valence-corrected chi connectivity index (χ3v) is 5.88. The van der Waals surface area contributed by atoms with Gasteiger partial charge in [0.25, 0.3) is 0 Å². The van der Waals surface area contributed by atoms with E-state index in [0.717, 1.165) is 65.2 Å². The summed E-state index contributed by atoms with van der Waals surface area (Å²) in [6.07, 6.45) is 0. The second kappa shape index (κ2) is 8.44. The molecule has 0 saturated carbocycles. The number of benzene rings is 3. The summed E-state index contributed by atoms with van der Waals surface area (Å²) in [5.74, 6) is 1.60. The molecule has 0 unspecified atom stereocenters. The van der Waals surface area contributed by atoms with Crippen LogP contribution < -0.4 is 15.1 Å². The van der Waals surface area contributed by atoms with Crippen molar-refractivity contribution < 1.29 is 0 Å². The van der Waals surface area contributed by atoms with Crippen molar-refractivity contribution in [1.82, 2.24) is 9.97 Å². The molecule has 2 heterocycles. The van der Waals surface area contributed by atoms with Crippen molar-refractivity contribution in [3.63, 3.8) is 0 Å². The number of aromatic nitrogens is 2. The molecule has 1 fully saturated rings. The molecule has 0 spiro atoms. The van der Waals surface area contributed by atoms with Crippen molar-refractivity contribution in [2.45, 2.75) is 6.92 Å². The van der Waals surface area contributed by atoms with Crippen molar-refractivity contribution >= 4 is 45.6 Å². The Balaban J connectivity index is 1.40. The van der Waals surface area contributed by atoms with Gasteiger partial charge in [0.1, 0.15) is 5.82 Å². The topological polar surface area (TPSA) is 44.3 Å². The van der Waals surface area contributed by atoms with Gasteiger partial charge in [0.05, 0.1) is 5.52 Å². The molecule has 5 rings (SSSR count). The molecule has 0 aliphatic carbocycles. The fourth-order valence-corrected chi connectivity index (χ4v) is 4.10. The lowest BCUT2D eigenvalue weighted by molar-refractivity contribution is 0.641. The summed E-state index contributed by atoms with van der Waals surface area (Å²) >= 11 is 6.17. The van der Waals surface area contributed by atoms with Crippen molar-refractivity contribution in [3.05, 3.63) is 83.4 Å². The molecule has 0 atom stereocenters. The van der Waals surface area contributed by atoms with Crippen LogP contribution >= 0.6 is 11.6 Å². The Hall–Kier alpha value is -3.31. The first-order valence-corrected chi connectivity index (χ1v) is 10.9. The number of nitrogens with zero attached hydrogens (tertiary/aromatic N) is 4. The van der Waals surface area contributed by atoms with Crippen molar-refractivity contribution in [2.75, 3.05) is 41.3 Å². The number of piperazine rings is 1. The zero-order valence-electron chi connectivity index (χ0n) is 17.4. The molecule has 156 valence electrons. The number of para-hydroxylation sites is 1. The number of anilines is 4. The first-order valence-electron chi connectivity index (χ1n) is 10.5. The maximum Gasteiger partial charge on any atom is 0.228 e. The Labute approximate surface area is 187 Å². The van der Waals surface area contributed by atoms with Crippen LogP contribution in [0.4, 0.5) is 23.1 Å². The largest absolute Gasteiger partial charge is 0.368 e. The van der Waals surface area contributed by atoms with Gasteiger partial charge in [0, 0.05) is 48.0 Å². The molecule has 6 heteroatoms. The highest BCUT2D eigenvalue weighted by Gasteiger charge is 2.21. The summed E-state index contributed by atoms with van der Waals surface area (Å²) in [7, 11) is 0. The molecule has 0 radical (unpaired) electrons. The van der Waals surface area contributed by atoms with E-state index >= 15 is 0 Å². The van der Waals surface area contributed by atoms with Gasteiger partial charge in [-0.1, -0.05) is 47.5 Å². The Bertz CT molecular complexity index is 1200. The molecule has 1 saturated heterocycles. The Morgan fingerprint density at radius 2 is 1.55 bits per heavy atom. The monoisotopic (exact) mass is 429 g/mol. The van der Waals surface area contributed by atoms with Crippen LogP contribution in [0.2, 0.25) is 5.02 Å². The zero-order chi connectivity index (χ0) is 21.2. The van der Waals surface area contributed by atoms with E-state index in [-0.39, 0.29) is 0 Å². The van der Waals surface area contributed by atoms with E-state index < -0.39 is 0 Å². The molecule has 1 N–H and O–H groups in total. The van der Waals surface area contributed by atoms with Crippen LogP contribution in [0.5, 0.6) is 0 Å². The molecule has 1 aromatic heterocycles. The second-order valence-corrected chi connectivity index (χ2v) is 8.27. The lowest BCUT2D eigenvalue weighted by atomic mass is 10.2. The van der Waals surface area contributed by atoms with E-state index in [0.29, 0.717) is 0 Å². The Morgan fingerprint density at radius 3 is 2.32 bits per heavy atom. The summed E-state index contributed by atoms with van der Waals surface area (Å²) in [6.45, 7) is 5.60. The Kier molecular flexibility index (Phi) is 5.35. The fraction of sp³-hybridized carbons (Fsp3) is 0.200. The number of rotatable bonds is 4. The van der Waals surface area contributed by atoms with E-state index in [4.69, 9.17) is 21.6 Å². The van der Waals surface area contributed by atoms with Gasteiger partial charge < -0.3 is 15.1 Å². The normalized spacial score (nSPS) is 14.1. The van der Waals surface area contributed by atoms with E-state index in [1.807, 2.05) is 36.4 Å². The third-order valence-electron chi connectivity index (χ3n) is 5.64.